The van der Waals surface area contributed by atoms with Crippen molar-refractivity contribution >= 4 is 11.8 Å². The maximum atomic E-state index is 6.10. The molecule has 1 heterocycles. The highest BCUT2D eigenvalue weighted by molar-refractivity contribution is 7.99. The molecule has 0 radical (unpaired) electrons. The predicted molar refractivity (Wildman–Crippen MR) is 104 cm³/mol. The van der Waals surface area contributed by atoms with E-state index >= 15 is 0 Å². The molecule has 0 bridgehead atoms. The number of hydrogen-bond donors (Lipinski definition) is 0. The van der Waals surface area contributed by atoms with Gasteiger partial charge in [-0.1, -0.05) is 48.2 Å². The summed E-state index contributed by atoms with van der Waals surface area (Å²) >= 11 is 1.62. The number of para-hydroxylation sites is 2. The zero-order valence-corrected chi connectivity index (χ0v) is 16.1. The van der Waals surface area contributed by atoms with Gasteiger partial charge in [0, 0.05) is 18.6 Å². The van der Waals surface area contributed by atoms with Crippen LogP contribution in [0.2, 0.25) is 0 Å². The molecule has 0 fully saturated rings. The van der Waals surface area contributed by atoms with Crippen molar-refractivity contribution in [2.45, 2.75) is 25.6 Å². The summed E-state index contributed by atoms with van der Waals surface area (Å²) in [5.41, 5.74) is 3.26. The van der Waals surface area contributed by atoms with Crippen LogP contribution in [0.4, 0.5) is 0 Å². The lowest BCUT2D eigenvalue weighted by atomic mass is 10.1. The van der Waals surface area contributed by atoms with E-state index in [1.807, 2.05) is 41.0 Å². The molecule has 3 rings (SSSR count). The van der Waals surface area contributed by atoms with Gasteiger partial charge in [-0.05, 0) is 37.1 Å². The van der Waals surface area contributed by atoms with Crippen molar-refractivity contribution in [3.8, 4) is 11.4 Å². The second-order valence-corrected chi connectivity index (χ2v) is 6.98. The standard InChI is InChI=1S/C20H23N3O2S/c1-15-8-7-9-16(2)19(15)25-14-18-21-22-20(26-13-12-24-3)23(18)17-10-5-4-6-11-17/h4-11H,12-14H2,1-3H3. The Morgan fingerprint density at radius 2 is 1.69 bits per heavy atom. The number of hydrogen-bond acceptors (Lipinski definition) is 5. The molecule has 5 nitrogen and oxygen atoms in total. The Morgan fingerprint density at radius 3 is 2.38 bits per heavy atom. The van der Waals surface area contributed by atoms with Crippen molar-refractivity contribution < 1.29 is 9.47 Å². The molecule has 0 aliphatic carbocycles. The van der Waals surface area contributed by atoms with Crippen molar-refractivity contribution in [1.82, 2.24) is 14.8 Å². The van der Waals surface area contributed by atoms with E-state index in [1.54, 1.807) is 18.9 Å². The van der Waals surface area contributed by atoms with Crippen LogP contribution in [-0.4, -0.2) is 34.2 Å². The number of aromatic nitrogens is 3. The van der Waals surface area contributed by atoms with Gasteiger partial charge in [0.15, 0.2) is 11.0 Å². The molecule has 0 N–H and O–H groups in total. The number of aryl methyl sites for hydroxylation is 2. The van der Waals surface area contributed by atoms with Gasteiger partial charge in [0.2, 0.25) is 0 Å². The summed E-state index contributed by atoms with van der Waals surface area (Å²) in [6, 6.07) is 16.3. The molecule has 0 unspecified atom stereocenters. The number of nitrogens with zero attached hydrogens (tertiary/aromatic N) is 3. The normalized spacial score (nSPS) is 10.9. The number of benzene rings is 2. The number of rotatable bonds is 8. The SMILES string of the molecule is COCCSc1nnc(COc2c(C)cccc2C)n1-c1ccccc1. The molecule has 0 saturated heterocycles. The van der Waals surface area contributed by atoms with Gasteiger partial charge in [0.25, 0.3) is 0 Å². The average Bonchev–Trinajstić information content (AvgIpc) is 3.05. The Bertz CT molecular complexity index is 829. The maximum absolute atomic E-state index is 6.10. The van der Waals surface area contributed by atoms with E-state index in [4.69, 9.17) is 9.47 Å². The Kier molecular flexibility index (Phi) is 6.30. The van der Waals surface area contributed by atoms with E-state index in [0.29, 0.717) is 13.2 Å². The first-order valence-electron chi connectivity index (χ1n) is 8.51. The minimum atomic E-state index is 0.360. The van der Waals surface area contributed by atoms with Gasteiger partial charge in [0.05, 0.1) is 6.61 Å². The summed E-state index contributed by atoms with van der Waals surface area (Å²) in [6.07, 6.45) is 0. The predicted octanol–water partition coefficient (Wildman–Crippen LogP) is 4.20. The van der Waals surface area contributed by atoms with Crippen LogP contribution < -0.4 is 4.74 Å². The zero-order chi connectivity index (χ0) is 18.4. The van der Waals surface area contributed by atoms with Crippen LogP contribution in [0.3, 0.4) is 0 Å². The summed E-state index contributed by atoms with van der Waals surface area (Å²) in [7, 11) is 1.70. The van der Waals surface area contributed by atoms with E-state index in [1.165, 1.54) is 0 Å². The van der Waals surface area contributed by atoms with Crippen molar-refractivity contribution in [1.29, 1.82) is 0 Å². The molecule has 2 aromatic carbocycles. The summed E-state index contributed by atoms with van der Waals surface area (Å²) in [5, 5.41) is 9.57. The minimum Gasteiger partial charge on any atom is -0.485 e. The van der Waals surface area contributed by atoms with E-state index < -0.39 is 0 Å². The first-order chi connectivity index (χ1) is 12.7. The molecule has 26 heavy (non-hydrogen) atoms. The molecule has 1 aromatic heterocycles. The summed E-state index contributed by atoms with van der Waals surface area (Å²) in [6.45, 7) is 5.13. The van der Waals surface area contributed by atoms with Gasteiger partial charge >= 0.3 is 0 Å². The van der Waals surface area contributed by atoms with Gasteiger partial charge in [-0.3, -0.25) is 4.57 Å². The summed E-state index contributed by atoms with van der Waals surface area (Å²) in [5.74, 6) is 2.50. The Morgan fingerprint density at radius 1 is 0.962 bits per heavy atom. The lowest BCUT2D eigenvalue weighted by Gasteiger charge is -2.13. The van der Waals surface area contributed by atoms with Gasteiger partial charge < -0.3 is 9.47 Å². The molecule has 0 amide bonds. The van der Waals surface area contributed by atoms with Crippen LogP contribution in [0, 0.1) is 13.8 Å². The lowest BCUT2D eigenvalue weighted by Crippen LogP contribution is -2.08. The highest BCUT2D eigenvalue weighted by Gasteiger charge is 2.15. The van der Waals surface area contributed by atoms with Gasteiger partial charge in [-0.15, -0.1) is 10.2 Å². The topological polar surface area (TPSA) is 49.2 Å². The lowest BCUT2D eigenvalue weighted by molar-refractivity contribution is 0.218. The maximum Gasteiger partial charge on any atom is 0.196 e. The Hall–Kier alpha value is -2.31. The first-order valence-corrected chi connectivity index (χ1v) is 9.49. The molecule has 0 saturated carbocycles. The van der Waals surface area contributed by atoms with Crippen LogP contribution in [0.25, 0.3) is 5.69 Å². The molecule has 0 spiro atoms. The van der Waals surface area contributed by atoms with Gasteiger partial charge in [-0.25, -0.2) is 0 Å². The molecule has 3 aromatic rings. The van der Waals surface area contributed by atoms with Gasteiger partial charge in [0.1, 0.15) is 12.4 Å². The fourth-order valence-corrected chi connectivity index (χ4v) is 3.57. The largest absolute Gasteiger partial charge is 0.485 e. The Balaban J connectivity index is 1.87. The summed E-state index contributed by atoms with van der Waals surface area (Å²) < 4.78 is 13.3. The van der Waals surface area contributed by atoms with E-state index in [-0.39, 0.29) is 0 Å². The third-order valence-corrected chi connectivity index (χ3v) is 4.88. The molecule has 6 heteroatoms. The van der Waals surface area contributed by atoms with Crippen LogP contribution in [0.15, 0.2) is 53.7 Å². The van der Waals surface area contributed by atoms with Crippen molar-refractivity contribution in [2.75, 3.05) is 19.5 Å². The zero-order valence-electron chi connectivity index (χ0n) is 15.3. The fourth-order valence-electron chi connectivity index (χ4n) is 2.70. The molecule has 0 aliphatic heterocycles. The smallest absolute Gasteiger partial charge is 0.196 e. The Labute approximate surface area is 158 Å². The number of thioether (sulfide) groups is 1. The highest BCUT2D eigenvalue weighted by Crippen LogP contribution is 2.26. The van der Waals surface area contributed by atoms with Crippen molar-refractivity contribution in [3.05, 3.63) is 65.5 Å². The molecular formula is C20H23N3O2S. The average molecular weight is 369 g/mol. The second kappa shape index (κ2) is 8.87. The third kappa shape index (κ3) is 4.26. The van der Waals surface area contributed by atoms with E-state index in [2.05, 4.69) is 36.2 Å². The highest BCUT2D eigenvalue weighted by atomic mass is 32.2. The molecule has 136 valence electrons. The van der Waals surface area contributed by atoms with Crippen LogP contribution in [0.1, 0.15) is 17.0 Å². The fraction of sp³-hybridized carbons (Fsp3) is 0.300. The van der Waals surface area contributed by atoms with Crippen molar-refractivity contribution in [2.24, 2.45) is 0 Å². The van der Waals surface area contributed by atoms with Crippen LogP contribution >= 0.6 is 11.8 Å². The quantitative estimate of drug-likeness (QED) is 0.440. The minimum absolute atomic E-state index is 0.360. The van der Waals surface area contributed by atoms with Crippen molar-refractivity contribution in [3.63, 3.8) is 0 Å². The van der Waals surface area contributed by atoms with Crippen LogP contribution in [0.5, 0.6) is 5.75 Å². The van der Waals surface area contributed by atoms with Gasteiger partial charge in [-0.2, -0.15) is 0 Å². The molecule has 0 aliphatic rings. The van der Waals surface area contributed by atoms with E-state index in [9.17, 15) is 0 Å². The monoisotopic (exact) mass is 369 g/mol. The second-order valence-electron chi connectivity index (χ2n) is 5.92. The molecule has 0 atom stereocenters. The van der Waals surface area contributed by atoms with Crippen LogP contribution in [-0.2, 0) is 11.3 Å². The first kappa shape index (κ1) is 18.5. The molecular weight excluding hydrogens is 346 g/mol. The van der Waals surface area contributed by atoms with E-state index in [0.717, 1.165) is 39.3 Å². The third-order valence-electron chi connectivity index (χ3n) is 3.99. The summed E-state index contributed by atoms with van der Waals surface area (Å²) in [4.78, 5) is 0. The number of methoxy groups -OCH3 is 1. The number of ether oxygens (including phenoxy) is 2.